The molecule has 6 nitrogen and oxygen atoms in total. The smallest absolute Gasteiger partial charge is 0.433 e. The molecule has 4 rings (SSSR count). The predicted octanol–water partition coefficient (Wildman–Crippen LogP) is 4.23. The molecule has 9 heteroatoms. The number of carbonyl (C=O) groups excluding carboxylic acids is 1. The highest BCUT2D eigenvalue weighted by molar-refractivity contribution is 6.03. The Bertz CT molecular complexity index is 988. The highest BCUT2D eigenvalue weighted by Crippen LogP contribution is 2.37. The number of halogens is 3. The quantitative estimate of drug-likeness (QED) is 0.715. The molecule has 2 N–H and O–H groups in total. The molecule has 1 fully saturated rings. The second-order valence-electron chi connectivity index (χ2n) is 8.44. The van der Waals surface area contributed by atoms with E-state index in [-0.39, 0.29) is 12.3 Å². The molecule has 1 aliphatic carbocycles. The van der Waals surface area contributed by atoms with E-state index in [0.717, 1.165) is 62.0 Å². The van der Waals surface area contributed by atoms with Crippen molar-refractivity contribution in [3.05, 3.63) is 52.8 Å². The van der Waals surface area contributed by atoms with Crippen LogP contribution in [0.1, 0.15) is 53.0 Å². The SMILES string of the molecule is COc1cc2c(cc1NC(=O)c1cccc(C(F)(F)F)n1)CN([C@H]1CC[C@H](CO)CC1)C2. The lowest BCUT2D eigenvalue weighted by atomic mass is 9.86. The predicted molar refractivity (Wildman–Crippen MR) is 112 cm³/mol. The summed E-state index contributed by atoms with van der Waals surface area (Å²) < 4.78 is 44.2. The Hall–Kier alpha value is -2.65. The van der Waals surface area contributed by atoms with Crippen LogP contribution in [0.5, 0.6) is 5.75 Å². The molecule has 1 amide bonds. The number of methoxy groups -OCH3 is 1. The van der Waals surface area contributed by atoms with E-state index < -0.39 is 17.8 Å². The first-order valence-corrected chi connectivity index (χ1v) is 10.7. The van der Waals surface area contributed by atoms with Crippen molar-refractivity contribution < 1.29 is 27.8 Å². The maximum absolute atomic E-state index is 12.9. The summed E-state index contributed by atoms with van der Waals surface area (Å²) in [6, 6.07) is 7.39. The summed E-state index contributed by atoms with van der Waals surface area (Å²) in [4.78, 5) is 18.5. The zero-order chi connectivity index (χ0) is 22.9. The van der Waals surface area contributed by atoms with Crippen molar-refractivity contribution in [3.8, 4) is 5.75 Å². The third-order valence-electron chi connectivity index (χ3n) is 6.38. The van der Waals surface area contributed by atoms with Gasteiger partial charge in [-0.05, 0) is 67.0 Å². The molecule has 32 heavy (non-hydrogen) atoms. The molecule has 0 saturated heterocycles. The standard InChI is InChI=1S/C23H26F3N3O3/c1-32-20-10-16-12-29(17-7-5-14(13-30)6-8-17)11-15(16)9-19(20)28-22(31)18-3-2-4-21(27-18)23(24,25)26/h2-4,9-10,14,17,30H,5-8,11-13H2,1H3,(H,28,31)/t14-,17-. The van der Waals surface area contributed by atoms with Crippen molar-refractivity contribution in [1.29, 1.82) is 0 Å². The van der Waals surface area contributed by atoms with Gasteiger partial charge in [-0.2, -0.15) is 13.2 Å². The number of nitrogens with one attached hydrogen (secondary N) is 1. The molecule has 172 valence electrons. The summed E-state index contributed by atoms with van der Waals surface area (Å²) in [5.74, 6) is 0.115. The van der Waals surface area contributed by atoms with Crippen LogP contribution in [-0.4, -0.2) is 40.7 Å². The van der Waals surface area contributed by atoms with Crippen molar-refractivity contribution in [2.75, 3.05) is 19.0 Å². The summed E-state index contributed by atoms with van der Waals surface area (Å²) in [5.41, 5.74) is 1.15. The maximum atomic E-state index is 12.9. The zero-order valence-corrected chi connectivity index (χ0v) is 17.8. The molecule has 0 bridgehead atoms. The molecule has 0 spiro atoms. The van der Waals surface area contributed by atoms with Crippen LogP contribution in [0.15, 0.2) is 30.3 Å². The van der Waals surface area contributed by atoms with E-state index in [4.69, 9.17) is 4.74 Å². The van der Waals surface area contributed by atoms with E-state index in [9.17, 15) is 23.1 Å². The number of rotatable bonds is 5. The molecular formula is C23H26F3N3O3. The number of pyridine rings is 1. The molecule has 0 unspecified atom stereocenters. The van der Waals surface area contributed by atoms with E-state index in [1.165, 1.54) is 13.2 Å². The van der Waals surface area contributed by atoms with E-state index in [0.29, 0.717) is 23.4 Å². The zero-order valence-electron chi connectivity index (χ0n) is 17.8. The van der Waals surface area contributed by atoms with Gasteiger partial charge in [0.1, 0.15) is 17.1 Å². The number of carbonyl (C=O) groups is 1. The van der Waals surface area contributed by atoms with E-state index in [1.807, 2.05) is 12.1 Å². The van der Waals surface area contributed by atoms with Crippen LogP contribution in [0.4, 0.5) is 18.9 Å². The fraction of sp³-hybridized carbons (Fsp3) is 0.478. The van der Waals surface area contributed by atoms with Crippen LogP contribution in [0.3, 0.4) is 0 Å². The number of aliphatic hydroxyl groups is 1. The highest BCUT2D eigenvalue weighted by Gasteiger charge is 2.33. The minimum absolute atomic E-state index is 0.244. The van der Waals surface area contributed by atoms with E-state index in [2.05, 4.69) is 15.2 Å². The molecule has 2 aliphatic rings. The fourth-order valence-corrected chi connectivity index (χ4v) is 4.58. The number of alkyl halides is 3. The first-order chi connectivity index (χ1) is 15.3. The van der Waals surface area contributed by atoms with Gasteiger partial charge in [0.15, 0.2) is 0 Å². The number of nitrogens with zero attached hydrogens (tertiary/aromatic N) is 2. The lowest BCUT2D eigenvalue weighted by Crippen LogP contribution is -2.34. The van der Waals surface area contributed by atoms with Gasteiger partial charge in [-0.15, -0.1) is 0 Å². The molecule has 0 radical (unpaired) electrons. The van der Waals surface area contributed by atoms with Crippen molar-refractivity contribution in [2.24, 2.45) is 5.92 Å². The fourth-order valence-electron chi connectivity index (χ4n) is 4.58. The number of amides is 1. The molecule has 1 saturated carbocycles. The molecule has 1 aromatic heterocycles. The van der Waals surface area contributed by atoms with Crippen molar-refractivity contribution in [1.82, 2.24) is 9.88 Å². The van der Waals surface area contributed by atoms with Gasteiger partial charge in [0, 0.05) is 25.7 Å². The number of aliphatic hydroxyl groups excluding tert-OH is 1. The Labute approximate surface area is 184 Å². The molecule has 1 aliphatic heterocycles. The highest BCUT2D eigenvalue weighted by atomic mass is 19.4. The third-order valence-corrected chi connectivity index (χ3v) is 6.38. The van der Waals surface area contributed by atoms with E-state index in [1.54, 1.807) is 0 Å². The average molecular weight is 449 g/mol. The number of fused-ring (bicyclic) bond motifs is 1. The second-order valence-corrected chi connectivity index (χ2v) is 8.44. The van der Waals surface area contributed by atoms with Gasteiger partial charge in [-0.1, -0.05) is 6.07 Å². The van der Waals surface area contributed by atoms with Crippen LogP contribution in [0.25, 0.3) is 0 Å². The van der Waals surface area contributed by atoms with Crippen molar-refractivity contribution >= 4 is 11.6 Å². The largest absolute Gasteiger partial charge is 0.495 e. The molecule has 2 aromatic rings. The first-order valence-electron chi connectivity index (χ1n) is 10.7. The van der Waals surface area contributed by atoms with Crippen molar-refractivity contribution in [2.45, 2.75) is 51.0 Å². The topological polar surface area (TPSA) is 74.7 Å². The number of ether oxygens (including phenoxy) is 1. The monoisotopic (exact) mass is 449 g/mol. The Balaban J connectivity index is 1.49. The first kappa shape index (κ1) is 22.5. The Morgan fingerprint density at radius 3 is 2.50 bits per heavy atom. The number of hydrogen-bond acceptors (Lipinski definition) is 5. The van der Waals surface area contributed by atoms with Crippen LogP contribution in [0, 0.1) is 5.92 Å². The van der Waals surface area contributed by atoms with Gasteiger partial charge in [0.2, 0.25) is 0 Å². The Morgan fingerprint density at radius 1 is 1.19 bits per heavy atom. The molecule has 2 heterocycles. The van der Waals surface area contributed by atoms with Crippen LogP contribution in [0.2, 0.25) is 0 Å². The van der Waals surface area contributed by atoms with E-state index >= 15 is 0 Å². The summed E-state index contributed by atoms with van der Waals surface area (Å²) in [5, 5.41) is 12.0. The summed E-state index contributed by atoms with van der Waals surface area (Å²) >= 11 is 0. The third kappa shape index (κ3) is 4.73. The minimum Gasteiger partial charge on any atom is -0.495 e. The maximum Gasteiger partial charge on any atom is 0.433 e. The van der Waals surface area contributed by atoms with Crippen LogP contribution < -0.4 is 10.1 Å². The van der Waals surface area contributed by atoms with Crippen molar-refractivity contribution in [3.63, 3.8) is 0 Å². The second kappa shape index (κ2) is 9.07. The van der Waals surface area contributed by atoms with Gasteiger partial charge < -0.3 is 15.2 Å². The number of benzene rings is 1. The summed E-state index contributed by atoms with van der Waals surface area (Å²) in [6.07, 6.45) is -0.505. The summed E-state index contributed by atoms with van der Waals surface area (Å²) in [7, 11) is 1.49. The van der Waals surface area contributed by atoms with Crippen LogP contribution >= 0.6 is 0 Å². The van der Waals surface area contributed by atoms with Gasteiger partial charge in [0.25, 0.3) is 5.91 Å². The molecular weight excluding hydrogens is 423 g/mol. The Morgan fingerprint density at radius 2 is 1.88 bits per heavy atom. The van der Waals surface area contributed by atoms with Gasteiger partial charge >= 0.3 is 6.18 Å². The number of aromatic nitrogens is 1. The normalized spacial score (nSPS) is 21.3. The molecule has 0 atom stereocenters. The minimum atomic E-state index is -4.62. The summed E-state index contributed by atoms with van der Waals surface area (Å²) in [6.45, 7) is 1.76. The van der Waals surface area contributed by atoms with Gasteiger partial charge in [0.05, 0.1) is 12.8 Å². The number of hydrogen-bond donors (Lipinski definition) is 2. The molecule has 1 aromatic carbocycles. The van der Waals surface area contributed by atoms with Gasteiger partial charge in [-0.25, -0.2) is 4.98 Å². The number of anilines is 1. The average Bonchev–Trinajstić information content (AvgIpc) is 3.21. The van der Waals surface area contributed by atoms with Gasteiger partial charge in [-0.3, -0.25) is 9.69 Å². The lowest BCUT2D eigenvalue weighted by Gasteiger charge is -2.33. The lowest BCUT2D eigenvalue weighted by molar-refractivity contribution is -0.141. The Kier molecular flexibility index (Phi) is 6.39. The van der Waals surface area contributed by atoms with Crippen LogP contribution in [-0.2, 0) is 19.3 Å².